The Labute approximate surface area is 139 Å². The molecule has 0 saturated carbocycles. The maximum Gasteiger partial charge on any atom is 0.242 e. The molecule has 6 nitrogen and oxygen atoms in total. The molecule has 1 saturated heterocycles. The third-order valence-electron chi connectivity index (χ3n) is 4.32. The molecule has 1 aliphatic rings. The number of carbonyl (C=O) groups excluding carboxylic acids is 1. The maximum atomic E-state index is 12.6. The molecule has 122 valence electrons. The highest BCUT2D eigenvalue weighted by Gasteiger charge is 2.28. The number of rotatable bonds is 4. The van der Waals surface area contributed by atoms with Crippen molar-refractivity contribution in [3.8, 4) is 5.88 Å². The van der Waals surface area contributed by atoms with Crippen molar-refractivity contribution in [3.05, 3.63) is 54.9 Å². The number of ether oxygens (including phenoxy) is 1. The standard InChI is InChI=1S/C18H18N4O2/c23-18(13-21-10-7-14-4-1-2-5-16(14)21)22-11-8-15(12-22)24-17-6-3-9-19-20-17/h1-7,9-10,15H,8,11-13H2/t15-/m1/s1. The summed E-state index contributed by atoms with van der Waals surface area (Å²) < 4.78 is 7.78. The number of fused-ring (bicyclic) bond motifs is 1. The van der Waals surface area contributed by atoms with Gasteiger partial charge >= 0.3 is 0 Å². The predicted molar refractivity (Wildman–Crippen MR) is 89.6 cm³/mol. The van der Waals surface area contributed by atoms with Gasteiger partial charge in [-0.1, -0.05) is 18.2 Å². The molecule has 4 rings (SSSR count). The highest BCUT2D eigenvalue weighted by atomic mass is 16.5. The summed E-state index contributed by atoms with van der Waals surface area (Å²) in [5, 5.41) is 8.88. The third-order valence-corrected chi connectivity index (χ3v) is 4.32. The Morgan fingerprint density at radius 2 is 2.12 bits per heavy atom. The van der Waals surface area contributed by atoms with E-state index in [1.165, 1.54) is 0 Å². The molecule has 6 heteroatoms. The Hall–Kier alpha value is -2.89. The van der Waals surface area contributed by atoms with Crippen LogP contribution in [0, 0.1) is 0 Å². The van der Waals surface area contributed by atoms with Crippen LogP contribution in [-0.2, 0) is 11.3 Å². The van der Waals surface area contributed by atoms with Crippen molar-refractivity contribution >= 4 is 16.8 Å². The van der Waals surface area contributed by atoms with E-state index in [9.17, 15) is 4.79 Å². The van der Waals surface area contributed by atoms with Crippen LogP contribution in [0.2, 0.25) is 0 Å². The molecule has 1 fully saturated rings. The number of aromatic nitrogens is 3. The molecule has 2 aromatic heterocycles. The summed E-state index contributed by atoms with van der Waals surface area (Å²) >= 11 is 0. The molecule has 1 amide bonds. The van der Waals surface area contributed by atoms with E-state index in [1.807, 2.05) is 39.9 Å². The molecule has 3 heterocycles. The molecule has 0 radical (unpaired) electrons. The van der Waals surface area contributed by atoms with Gasteiger partial charge in [0.2, 0.25) is 11.8 Å². The van der Waals surface area contributed by atoms with Gasteiger partial charge in [0.1, 0.15) is 12.6 Å². The average molecular weight is 322 g/mol. The number of carbonyl (C=O) groups is 1. The van der Waals surface area contributed by atoms with Crippen LogP contribution in [0.4, 0.5) is 0 Å². The normalized spacial score (nSPS) is 17.3. The van der Waals surface area contributed by atoms with Crippen molar-refractivity contribution in [2.45, 2.75) is 19.1 Å². The molecule has 0 bridgehead atoms. The molecule has 0 aliphatic carbocycles. The number of nitrogens with zero attached hydrogens (tertiary/aromatic N) is 4. The number of likely N-dealkylation sites (tertiary alicyclic amines) is 1. The molecular weight excluding hydrogens is 304 g/mol. The van der Waals surface area contributed by atoms with Crippen molar-refractivity contribution in [1.82, 2.24) is 19.7 Å². The Morgan fingerprint density at radius 1 is 1.21 bits per heavy atom. The third kappa shape index (κ3) is 2.95. The first-order valence-electron chi connectivity index (χ1n) is 8.05. The summed E-state index contributed by atoms with van der Waals surface area (Å²) in [5.41, 5.74) is 1.08. The van der Waals surface area contributed by atoms with Crippen molar-refractivity contribution in [2.75, 3.05) is 13.1 Å². The molecule has 0 spiro atoms. The summed E-state index contributed by atoms with van der Waals surface area (Å²) in [5.74, 6) is 0.620. The zero-order valence-electron chi connectivity index (χ0n) is 13.2. The SMILES string of the molecule is O=C(Cn1ccc2ccccc21)N1CC[C@@H](Oc2cccnn2)C1. The molecule has 3 aromatic rings. The average Bonchev–Trinajstić information content (AvgIpc) is 3.24. The summed E-state index contributed by atoms with van der Waals surface area (Å²) in [6, 6.07) is 13.7. The van der Waals surface area contributed by atoms with Gasteiger partial charge in [-0.2, -0.15) is 5.10 Å². The smallest absolute Gasteiger partial charge is 0.242 e. The van der Waals surface area contributed by atoms with Crippen LogP contribution in [-0.4, -0.2) is 44.8 Å². The van der Waals surface area contributed by atoms with Crippen LogP contribution in [0.3, 0.4) is 0 Å². The van der Waals surface area contributed by atoms with E-state index < -0.39 is 0 Å². The Bertz CT molecular complexity index is 846. The quantitative estimate of drug-likeness (QED) is 0.738. The summed E-state index contributed by atoms with van der Waals surface area (Å²) in [6.07, 6.45) is 4.37. The van der Waals surface area contributed by atoms with Gasteiger partial charge < -0.3 is 14.2 Å². The minimum absolute atomic E-state index is 0.0212. The molecule has 1 aromatic carbocycles. The topological polar surface area (TPSA) is 60.2 Å². The Balaban J connectivity index is 1.39. The van der Waals surface area contributed by atoms with Gasteiger partial charge in [-0.3, -0.25) is 4.79 Å². The first-order valence-corrected chi connectivity index (χ1v) is 8.05. The van der Waals surface area contributed by atoms with E-state index >= 15 is 0 Å². The first kappa shape index (κ1) is 14.7. The molecule has 24 heavy (non-hydrogen) atoms. The van der Waals surface area contributed by atoms with Crippen LogP contribution in [0.15, 0.2) is 54.9 Å². The number of hydrogen-bond acceptors (Lipinski definition) is 4. The lowest BCUT2D eigenvalue weighted by atomic mass is 10.2. The van der Waals surface area contributed by atoms with Gasteiger partial charge in [-0.25, -0.2) is 0 Å². The molecule has 1 atom stereocenters. The van der Waals surface area contributed by atoms with E-state index in [-0.39, 0.29) is 12.0 Å². The van der Waals surface area contributed by atoms with Gasteiger partial charge in [-0.15, -0.1) is 5.10 Å². The number of benzene rings is 1. The summed E-state index contributed by atoms with van der Waals surface area (Å²) in [6.45, 7) is 1.66. The van der Waals surface area contributed by atoms with E-state index in [0.29, 0.717) is 25.5 Å². The molecule has 1 aliphatic heterocycles. The molecular formula is C18H18N4O2. The minimum Gasteiger partial charge on any atom is -0.471 e. The van der Waals surface area contributed by atoms with Gasteiger partial charge in [-0.05, 0) is 23.6 Å². The van der Waals surface area contributed by atoms with E-state index in [2.05, 4.69) is 16.3 Å². The van der Waals surface area contributed by atoms with Crippen molar-refractivity contribution < 1.29 is 9.53 Å². The Morgan fingerprint density at radius 3 is 3.00 bits per heavy atom. The van der Waals surface area contributed by atoms with Crippen molar-refractivity contribution in [3.63, 3.8) is 0 Å². The monoisotopic (exact) mass is 322 g/mol. The zero-order chi connectivity index (χ0) is 16.4. The fourth-order valence-corrected chi connectivity index (χ4v) is 3.10. The Kier molecular flexibility index (Phi) is 3.86. The lowest BCUT2D eigenvalue weighted by Gasteiger charge is -2.17. The number of para-hydroxylation sites is 1. The summed E-state index contributed by atoms with van der Waals surface area (Å²) in [7, 11) is 0. The van der Waals surface area contributed by atoms with Crippen molar-refractivity contribution in [1.29, 1.82) is 0 Å². The minimum atomic E-state index is -0.0212. The van der Waals surface area contributed by atoms with Crippen LogP contribution >= 0.6 is 0 Å². The summed E-state index contributed by atoms with van der Waals surface area (Å²) in [4.78, 5) is 14.4. The van der Waals surface area contributed by atoms with Crippen LogP contribution in [0.25, 0.3) is 10.9 Å². The van der Waals surface area contributed by atoms with Crippen LogP contribution in [0.1, 0.15) is 6.42 Å². The fraction of sp³-hybridized carbons (Fsp3) is 0.278. The second kappa shape index (κ2) is 6.31. The second-order valence-electron chi connectivity index (χ2n) is 5.93. The van der Waals surface area contributed by atoms with E-state index in [0.717, 1.165) is 17.3 Å². The van der Waals surface area contributed by atoms with Gasteiger partial charge in [0.25, 0.3) is 0 Å². The van der Waals surface area contributed by atoms with E-state index in [1.54, 1.807) is 18.3 Å². The maximum absolute atomic E-state index is 12.6. The highest BCUT2D eigenvalue weighted by molar-refractivity contribution is 5.83. The van der Waals surface area contributed by atoms with Crippen LogP contribution < -0.4 is 4.74 Å². The molecule has 0 unspecified atom stereocenters. The molecule has 0 N–H and O–H groups in total. The lowest BCUT2D eigenvalue weighted by Crippen LogP contribution is -2.33. The first-order chi connectivity index (χ1) is 11.8. The van der Waals surface area contributed by atoms with E-state index in [4.69, 9.17) is 4.74 Å². The van der Waals surface area contributed by atoms with Gasteiger partial charge in [0.15, 0.2) is 0 Å². The number of amides is 1. The van der Waals surface area contributed by atoms with Crippen molar-refractivity contribution in [2.24, 2.45) is 0 Å². The lowest BCUT2D eigenvalue weighted by molar-refractivity contribution is -0.131. The van der Waals surface area contributed by atoms with Crippen LogP contribution in [0.5, 0.6) is 5.88 Å². The largest absolute Gasteiger partial charge is 0.471 e. The van der Waals surface area contributed by atoms with Gasteiger partial charge in [0.05, 0.1) is 6.54 Å². The zero-order valence-corrected chi connectivity index (χ0v) is 13.2. The predicted octanol–water partition coefficient (Wildman–Crippen LogP) is 2.11. The van der Waals surface area contributed by atoms with Gasteiger partial charge in [0, 0.05) is 36.9 Å². The highest BCUT2D eigenvalue weighted by Crippen LogP contribution is 2.18. The second-order valence-corrected chi connectivity index (χ2v) is 5.93. The fourth-order valence-electron chi connectivity index (χ4n) is 3.10. The number of hydrogen-bond donors (Lipinski definition) is 0.